The Labute approximate surface area is 194 Å². The molecule has 3 aliphatic rings. The molecule has 0 atom stereocenters. The van der Waals surface area contributed by atoms with E-state index in [1.54, 1.807) is 6.07 Å². The molecular formula is C24H34ClFN4O2. The summed E-state index contributed by atoms with van der Waals surface area (Å²) in [6.07, 6.45) is 9.01. The Morgan fingerprint density at radius 2 is 1.81 bits per heavy atom. The predicted molar refractivity (Wildman–Crippen MR) is 126 cm³/mol. The molecule has 1 aromatic carbocycles. The van der Waals surface area contributed by atoms with Crippen LogP contribution in [0, 0.1) is 17.7 Å². The van der Waals surface area contributed by atoms with Crippen LogP contribution in [0.25, 0.3) is 10.9 Å². The van der Waals surface area contributed by atoms with Crippen molar-refractivity contribution in [2.45, 2.75) is 57.4 Å². The van der Waals surface area contributed by atoms with Gasteiger partial charge in [0, 0.05) is 24.6 Å². The number of fused-ring (bicyclic) bond motifs is 1. The highest BCUT2D eigenvalue weighted by Crippen LogP contribution is 2.30. The molecular weight excluding hydrogens is 431 g/mol. The monoisotopic (exact) mass is 464 g/mol. The quantitative estimate of drug-likeness (QED) is 0.654. The van der Waals surface area contributed by atoms with E-state index in [-0.39, 0.29) is 17.8 Å². The lowest BCUT2D eigenvalue weighted by Gasteiger charge is -2.39. The number of benzene rings is 1. The van der Waals surface area contributed by atoms with Crippen LogP contribution in [0.2, 0.25) is 0 Å². The van der Waals surface area contributed by atoms with Crippen LogP contribution in [-0.2, 0) is 6.42 Å². The third-order valence-electron chi connectivity index (χ3n) is 7.23. The molecule has 1 aromatic heterocycles. The molecule has 0 spiro atoms. The largest absolute Gasteiger partial charge is 0.493 e. The molecule has 176 valence electrons. The van der Waals surface area contributed by atoms with Gasteiger partial charge in [-0.25, -0.2) is 9.37 Å². The van der Waals surface area contributed by atoms with Gasteiger partial charge in [0.05, 0.1) is 12.1 Å². The number of ether oxygens (including phenoxy) is 1. The number of likely N-dealkylation sites (tertiary alicyclic amines) is 1. The molecule has 1 saturated carbocycles. The maximum atomic E-state index is 14.5. The average Bonchev–Trinajstić information content (AvgIpc) is 3.61. The minimum Gasteiger partial charge on any atom is -0.493 e. The normalized spacial score (nSPS) is 20.9. The van der Waals surface area contributed by atoms with Gasteiger partial charge in [0.15, 0.2) is 0 Å². The molecule has 6 nitrogen and oxygen atoms in total. The van der Waals surface area contributed by atoms with Crippen molar-refractivity contribution >= 4 is 23.3 Å². The highest BCUT2D eigenvalue weighted by Gasteiger charge is 2.26. The van der Waals surface area contributed by atoms with Crippen LogP contribution in [0.15, 0.2) is 16.9 Å². The second-order valence-electron chi connectivity index (χ2n) is 9.57. The molecule has 2 aromatic rings. The standard InChI is InChI=1S/C24H33FN4O2.ClH/c25-20-13-19(31-15-17-1-2-17)14-21-23(20)24(30)28-22(27-21)4-3-16-7-11-29(12-8-16)18-5-9-26-10-6-18;/h13-14,16-18,26H,1-12,15H2,(H,27,28,30);1H. The number of rotatable bonds is 7. The molecule has 5 rings (SSSR count). The summed E-state index contributed by atoms with van der Waals surface area (Å²) in [5, 5.41) is 3.47. The smallest absolute Gasteiger partial charge is 0.261 e. The van der Waals surface area contributed by atoms with Crippen molar-refractivity contribution in [2.24, 2.45) is 11.8 Å². The maximum Gasteiger partial charge on any atom is 0.261 e. The van der Waals surface area contributed by atoms with Crippen molar-refractivity contribution in [3.05, 3.63) is 34.1 Å². The first-order valence-electron chi connectivity index (χ1n) is 12.0. The lowest BCUT2D eigenvalue weighted by Crippen LogP contribution is -2.46. The van der Waals surface area contributed by atoms with Crippen molar-refractivity contribution in [1.29, 1.82) is 0 Å². The minimum absolute atomic E-state index is 0. The number of nitrogens with one attached hydrogen (secondary N) is 2. The molecule has 2 aliphatic heterocycles. The summed E-state index contributed by atoms with van der Waals surface area (Å²) in [7, 11) is 0. The third-order valence-corrected chi connectivity index (χ3v) is 7.23. The fraction of sp³-hybridized carbons (Fsp3) is 0.667. The summed E-state index contributed by atoms with van der Waals surface area (Å²) in [5.41, 5.74) is -0.00255. The molecule has 8 heteroatoms. The second kappa shape index (κ2) is 10.5. The van der Waals surface area contributed by atoms with Crippen LogP contribution in [0.1, 0.15) is 50.8 Å². The molecule has 3 heterocycles. The van der Waals surface area contributed by atoms with Gasteiger partial charge in [-0.15, -0.1) is 12.4 Å². The molecule has 2 N–H and O–H groups in total. The summed E-state index contributed by atoms with van der Waals surface area (Å²) in [5.74, 6) is 1.80. The highest BCUT2D eigenvalue weighted by atomic mass is 35.5. The summed E-state index contributed by atoms with van der Waals surface area (Å²) < 4.78 is 20.2. The van der Waals surface area contributed by atoms with Crippen LogP contribution in [0.5, 0.6) is 5.75 Å². The summed E-state index contributed by atoms with van der Waals surface area (Å²) in [6, 6.07) is 3.75. The van der Waals surface area contributed by atoms with Crippen LogP contribution in [0.3, 0.4) is 0 Å². The first-order chi connectivity index (χ1) is 15.2. The molecule has 0 unspecified atom stereocenters. The van der Waals surface area contributed by atoms with Gasteiger partial charge in [0.25, 0.3) is 5.56 Å². The number of halogens is 2. The maximum absolute atomic E-state index is 14.5. The van der Waals surface area contributed by atoms with Gasteiger partial charge in [0.1, 0.15) is 22.8 Å². The van der Waals surface area contributed by atoms with Crippen molar-refractivity contribution < 1.29 is 9.13 Å². The highest BCUT2D eigenvalue weighted by molar-refractivity contribution is 5.85. The van der Waals surface area contributed by atoms with E-state index in [1.807, 2.05) is 0 Å². The fourth-order valence-electron chi connectivity index (χ4n) is 5.07. The van der Waals surface area contributed by atoms with Gasteiger partial charge in [-0.2, -0.15) is 0 Å². The molecule has 0 bridgehead atoms. The Bertz CT molecular complexity index is 966. The Morgan fingerprint density at radius 1 is 1.06 bits per heavy atom. The van der Waals surface area contributed by atoms with Gasteiger partial charge < -0.3 is 19.9 Å². The Hall–Kier alpha value is -1.70. The Kier molecular flexibility index (Phi) is 7.69. The van der Waals surface area contributed by atoms with E-state index in [1.165, 1.54) is 57.7 Å². The van der Waals surface area contributed by atoms with E-state index < -0.39 is 11.4 Å². The number of piperidine rings is 2. The zero-order valence-corrected chi connectivity index (χ0v) is 19.4. The minimum atomic E-state index is -0.561. The van der Waals surface area contributed by atoms with Gasteiger partial charge >= 0.3 is 0 Å². The molecule has 2 saturated heterocycles. The molecule has 0 amide bonds. The van der Waals surface area contributed by atoms with Crippen LogP contribution in [0.4, 0.5) is 4.39 Å². The summed E-state index contributed by atoms with van der Waals surface area (Å²) in [6.45, 7) is 5.23. The van der Waals surface area contributed by atoms with Crippen molar-refractivity contribution in [1.82, 2.24) is 20.2 Å². The number of hydrogen-bond donors (Lipinski definition) is 2. The summed E-state index contributed by atoms with van der Waals surface area (Å²) in [4.78, 5) is 22.5. The topological polar surface area (TPSA) is 70.2 Å². The molecule has 32 heavy (non-hydrogen) atoms. The van der Waals surface area contributed by atoms with Crippen molar-refractivity contribution in [2.75, 3.05) is 32.8 Å². The average molecular weight is 465 g/mol. The van der Waals surface area contributed by atoms with Gasteiger partial charge in [-0.3, -0.25) is 4.79 Å². The molecule has 0 radical (unpaired) electrons. The first kappa shape index (κ1) is 23.5. The predicted octanol–water partition coefficient (Wildman–Crippen LogP) is 3.67. The van der Waals surface area contributed by atoms with Crippen molar-refractivity contribution in [3.63, 3.8) is 0 Å². The van der Waals surface area contributed by atoms with Crippen molar-refractivity contribution in [3.8, 4) is 5.75 Å². The van der Waals surface area contributed by atoms with Crippen LogP contribution < -0.4 is 15.6 Å². The van der Waals surface area contributed by atoms with Gasteiger partial charge in [-0.05, 0) is 83.0 Å². The number of aromatic amines is 1. The number of H-pyrrole nitrogens is 1. The summed E-state index contributed by atoms with van der Waals surface area (Å²) >= 11 is 0. The van der Waals surface area contributed by atoms with Gasteiger partial charge in [-0.1, -0.05) is 0 Å². The zero-order valence-electron chi connectivity index (χ0n) is 18.6. The van der Waals surface area contributed by atoms with E-state index in [9.17, 15) is 9.18 Å². The van der Waals surface area contributed by atoms with E-state index in [0.29, 0.717) is 35.5 Å². The second-order valence-corrected chi connectivity index (χ2v) is 9.57. The van der Waals surface area contributed by atoms with E-state index in [4.69, 9.17) is 4.74 Å². The van der Waals surface area contributed by atoms with Gasteiger partial charge in [0.2, 0.25) is 0 Å². The number of aromatic nitrogens is 2. The SMILES string of the molecule is Cl.O=c1[nH]c(CCC2CCN(C3CCNCC3)CC2)nc2cc(OCC3CC3)cc(F)c12. The molecule has 1 aliphatic carbocycles. The van der Waals surface area contributed by atoms with E-state index >= 15 is 0 Å². The Morgan fingerprint density at radius 3 is 2.53 bits per heavy atom. The zero-order chi connectivity index (χ0) is 21.2. The molecule has 3 fully saturated rings. The lowest BCUT2D eigenvalue weighted by atomic mass is 9.90. The Balaban J connectivity index is 0.00000245. The van der Waals surface area contributed by atoms with Crippen LogP contribution in [-0.4, -0.2) is 53.7 Å². The fourth-order valence-corrected chi connectivity index (χ4v) is 5.07. The number of nitrogens with zero attached hydrogens (tertiary/aromatic N) is 2. The number of hydrogen-bond acceptors (Lipinski definition) is 5. The van der Waals surface area contributed by atoms with E-state index in [2.05, 4.69) is 20.2 Å². The first-order valence-corrected chi connectivity index (χ1v) is 12.0. The number of aryl methyl sites for hydroxylation is 1. The van der Waals surface area contributed by atoms with E-state index in [0.717, 1.165) is 32.0 Å². The lowest BCUT2D eigenvalue weighted by molar-refractivity contribution is 0.108. The third kappa shape index (κ3) is 5.61. The van der Waals surface area contributed by atoms with Crippen LogP contribution >= 0.6 is 12.4 Å².